The summed E-state index contributed by atoms with van der Waals surface area (Å²) in [7, 11) is 0. The summed E-state index contributed by atoms with van der Waals surface area (Å²) in [6.07, 6.45) is 11.1. The summed E-state index contributed by atoms with van der Waals surface area (Å²) in [4.78, 5) is 37.1. The zero-order valence-corrected chi connectivity index (χ0v) is 23.3. The summed E-state index contributed by atoms with van der Waals surface area (Å²) < 4.78 is 0. The molecule has 6 nitrogen and oxygen atoms in total. The molecule has 1 aromatic carbocycles. The average Bonchev–Trinajstić information content (AvgIpc) is 3.31. The summed E-state index contributed by atoms with van der Waals surface area (Å²) in [6.45, 7) is 11.2. The first-order chi connectivity index (χ1) is 17.9. The Balaban J connectivity index is 1.50. The molecule has 0 radical (unpaired) electrons. The van der Waals surface area contributed by atoms with Crippen LogP contribution >= 0.6 is 11.6 Å². The number of anilines is 1. The number of aromatic nitrogens is 1. The van der Waals surface area contributed by atoms with Gasteiger partial charge in [0.15, 0.2) is 0 Å². The molecule has 7 heteroatoms. The molecule has 2 amide bonds. The van der Waals surface area contributed by atoms with Gasteiger partial charge in [0.1, 0.15) is 0 Å². The highest BCUT2D eigenvalue weighted by Gasteiger charge is 2.34. The lowest BCUT2D eigenvalue weighted by Crippen LogP contribution is -2.44. The van der Waals surface area contributed by atoms with Crippen LogP contribution in [-0.4, -0.2) is 65.4 Å². The number of hydrogen-bond donors (Lipinski definition) is 0. The Morgan fingerprint density at radius 2 is 1.92 bits per heavy atom. The number of carbonyl (C=O) groups excluding carboxylic acids is 2. The zero-order chi connectivity index (χ0) is 26.4. The minimum atomic E-state index is 0.00408. The van der Waals surface area contributed by atoms with Crippen molar-refractivity contribution in [3.05, 3.63) is 47.6 Å². The van der Waals surface area contributed by atoms with Gasteiger partial charge >= 0.3 is 0 Å². The fourth-order valence-electron chi connectivity index (χ4n) is 5.91. The van der Waals surface area contributed by atoms with Crippen LogP contribution in [0.4, 0.5) is 5.69 Å². The Kier molecular flexibility index (Phi) is 9.60. The Labute approximate surface area is 226 Å². The molecule has 1 aliphatic carbocycles. The Hall–Kier alpha value is -2.44. The zero-order valence-electron chi connectivity index (χ0n) is 22.5. The summed E-state index contributed by atoms with van der Waals surface area (Å²) in [5.41, 5.74) is 1.74. The van der Waals surface area contributed by atoms with E-state index in [4.69, 9.17) is 11.6 Å². The van der Waals surface area contributed by atoms with Gasteiger partial charge in [-0.1, -0.05) is 31.5 Å². The predicted molar refractivity (Wildman–Crippen MR) is 152 cm³/mol. The first-order valence-corrected chi connectivity index (χ1v) is 14.3. The van der Waals surface area contributed by atoms with Crippen LogP contribution in [0.3, 0.4) is 0 Å². The van der Waals surface area contributed by atoms with Crippen molar-refractivity contribution >= 4 is 40.0 Å². The molecule has 200 valence electrons. The molecule has 1 fully saturated rings. The largest absolute Gasteiger partial charge is 0.335 e. The summed E-state index contributed by atoms with van der Waals surface area (Å²) in [5, 5.41) is 1.61. The molecule has 0 spiro atoms. The molecular formula is C30H41ClN4O2. The van der Waals surface area contributed by atoms with E-state index in [9.17, 15) is 9.59 Å². The monoisotopic (exact) mass is 524 g/mol. The van der Waals surface area contributed by atoms with E-state index in [0.717, 1.165) is 87.8 Å². The number of nitrogens with zero attached hydrogens (tertiary/aromatic N) is 4. The maximum atomic E-state index is 14.2. The SMILES string of the molecule is CCN(CC)CCCC(C)N(C(=O)C1CCC(CN2CC=CC2=O)CC1)c1ccnc2cc(Cl)ccc12. The third-order valence-electron chi connectivity index (χ3n) is 8.18. The van der Waals surface area contributed by atoms with Crippen LogP contribution in [0.15, 0.2) is 42.6 Å². The topological polar surface area (TPSA) is 56.8 Å². The lowest BCUT2D eigenvalue weighted by Gasteiger charge is -2.37. The van der Waals surface area contributed by atoms with Crippen molar-refractivity contribution in [1.82, 2.24) is 14.8 Å². The summed E-state index contributed by atoms with van der Waals surface area (Å²) in [5.74, 6) is 0.809. The number of fused-ring (bicyclic) bond motifs is 1. The third-order valence-corrected chi connectivity index (χ3v) is 8.42. The minimum Gasteiger partial charge on any atom is -0.335 e. The second-order valence-electron chi connectivity index (χ2n) is 10.6. The maximum absolute atomic E-state index is 14.2. The summed E-state index contributed by atoms with van der Waals surface area (Å²) in [6, 6.07) is 7.79. The highest BCUT2D eigenvalue weighted by atomic mass is 35.5. The van der Waals surface area contributed by atoms with Crippen molar-refractivity contribution in [2.75, 3.05) is 37.6 Å². The van der Waals surface area contributed by atoms with Gasteiger partial charge in [-0.15, -0.1) is 0 Å². The Morgan fingerprint density at radius 3 is 2.59 bits per heavy atom. The molecule has 1 aromatic heterocycles. The van der Waals surface area contributed by atoms with Gasteiger partial charge in [-0.05, 0) is 95.3 Å². The standard InChI is InChI=1S/C30H41ClN4O2/c1-4-33(5-2)18-6-8-22(3)35(28-16-17-32-27-20-25(31)14-15-26(27)28)30(37)24-12-10-23(11-13-24)21-34-19-7-9-29(34)36/h7,9,14-17,20,22-24H,4-6,8,10-13,18-19,21H2,1-3H3. The number of pyridine rings is 1. The second-order valence-corrected chi connectivity index (χ2v) is 11.0. The van der Waals surface area contributed by atoms with Crippen LogP contribution in [0.25, 0.3) is 10.9 Å². The molecule has 1 unspecified atom stereocenters. The molecule has 0 N–H and O–H groups in total. The molecule has 1 atom stereocenters. The van der Waals surface area contributed by atoms with E-state index in [1.807, 2.05) is 35.2 Å². The van der Waals surface area contributed by atoms with Gasteiger partial charge in [0.25, 0.3) is 0 Å². The smallest absolute Gasteiger partial charge is 0.246 e. The van der Waals surface area contributed by atoms with Crippen LogP contribution in [-0.2, 0) is 9.59 Å². The van der Waals surface area contributed by atoms with Crippen molar-refractivity contribution in [2.45, 2.75) is 65.3 Å². The maximum Gasteiger partial charge on any atom is 0.246 e. The van der Waals surface area contributed by atoms with Gasteiger partial charge in [-0.2, -0.15) is 0 Å². The molecule has 2 aliphatic rings. The van der Waals surface area contributed by atoms with E-state index in [1.54, 1.807) is 12.3 Å². The Bertz CT molecular complexity index is 1110. The number of benzene rings is 1. The fraction of sp³-hybridized carbons (Fsp3) is 0.567. The number of hydrogen-bond acceptors (Lipinski definition) is 4. The first-order valence-electron chi connectivity index (χ1n) is 14.0. The number of halogens is 1. The molecule has 0 saturated heterocycles. The predicted octanol–water partition coefficient (Wildman–Crippen LogP) is 5.94. The number of carbonyl (C=O) groups is 2. The average molecular weight is 525 g/mol. The van der Waals surface area contributed by atoms with Gasteiger partial charge in [0.05, 0.1) is 11.2 Å². The van der Waals surface area contributed by atoms with Gasteiger partial charge in [0.2, 0.25) is 11.8 Å². The van der Waals surface area contributed by atoms with E-state index in [-0.39, 0.29) is 23.8 Å². The van der Waals surface area contributed by atoms with Gasteiger partial charge in [0, 0.05) is 47.7 Å². The van der Waals surface area contributed by atoms with Crippen LogP contribution in [0, 0.1) is 11.8 Å². The van der Waals surface area contributed by atoms with Crippen LogP contribution < -0.4 is 4.90 Å². The minimum absolute atomic E-state index is 0.00408. The highest BCUT2D eigenvalue weighted by Crippen LogP contribution is 2.36. The van der Waals surface area contributed by atoms with Crippen LogP contribution in [0.2, 0.25) is 5.02 Å². The summed E-state index contributed by atoms with van der Waals surface area (Å²) >= 11 is 6.25. The molecule has 2 aromatic rings. The van der Waals surface area contributed by atoms with E-state index in [0.29, 0.717) is 10.9 Å². The molecule has 1 aliphatic heterocycles. The lowest BCUT2D eigenvalue weighted by molar-refractivity contribution is -0.126. The van der Waals surface area contributed by atoms with Crippen LogP contribution in [0.5, 0.6) is 0 Å². The molecule has 4 rings (SSSR count). The molecule has 1 saturated carbocycles. The fourth-order valence-corrected chi connectivity index (χ4v) is 6.08. The molecular weight excluding hydrogens is 484 g/mol. The molecule has 37 heavy (non-hydrogen) atoms. The van der Waals surface area contributed by atoms with Crippen molar-refractivity contribution in [3.8, 4) is 0 Å². The quantitative estimate of drug-likeness (QED) is 0.365. The van der Waals surface area contributed by atoms with E-state index in [2.05, 4.69) is 35.6 Å². The van der Waals surface area contributed by atoms with Gasteiger partial charge in [-0.3, -0.25) is 14.6 Å². The number of rotatable bonds is 11. The van der Waals surface area contributed by atoms with Gasteiger partial charge in [-0.25, -0.2) is 0 Å². The second kappa shape index (κ2) is 12.9. The third kappa shape index (κ3) is 6.71. The van der Waals surface area contributed by atoms with Crippen LogP contribution in [0.1, 0.15) is 59.3 Å². The Morgan fingerprint density at radius 1 is 1.16 bits per heavy atom. The van der Waals surface area contributed by atoms with E-state index in [1.165, 1.54) is 0 Å². The van der Waals surface area contributed by atoms with Crippen molar-refractivity contribution in [1.29, 1.82) is 0 Å². The normalized spacial score (nSPS) is 20.7. The molecule has 0 bridgehead atoms. The first kappa shape index (κ1) is 27.6. The van der Waals surface area contributed by atoms with Gasteiger partial charge < -0.3 is 14.7 Å². The highest BCUT2D eigenvalue weighted by molar-refractivity contribution is 6.31. The van der Waals surface area contributed by atoms with Crippen molar-refractivity contribution in [3.63, 3.8) is 0 Å². The molecule has 2 heterocycles. The van der Waals surface area contributed by atoms with E-state index >= 15 is 0 Å². The lowest BCUT2D eigenvalue weighted by atomic mass is 9.80. The number of amides is 2. The van der Waals surface area contributed by atoms with E-state index < -0.39 is 0 Å². The van der Waals surface area contributed by atoms with Crippen molar-refractivity contribution < 1.29 is 9.59 Å². The van der Waals surface area contributed by atoms with Crippen molar-refractivity contribution in [2.24, 2.45) is 11.8 Å².